The number of primary amides is 1. The molecule has 0 radical (unpaired) electrons. The first-order chi connectivity index (χ1) is 7.07. The van der Waals surface area contributed by atoms with Crippen molar-refractivity contribution in [1.29, 1.82) is 0 Å². The lowest BCUT2D eigenvalue weighted by molar-refractivity contribution is -0.141. The van der Waals surface area contributed by atoms with Crippen LogP contribution in [0, 0.1) is 0 Å². The second kappa shape index (κ2) is 8.16. The molecule has 0 bridgehead atoms. The van der Waals surface area contributed by atoms with Crippen molar-refractivity contribution < 1.29 is 24.2 Å². The zero-order valence-corrected chi connectivity index (χ0v) is 8.56. The van der Waals surface area contributed by atoms with Gasteiger partial charge in [0.15, 0.2) is 0 Å². The van der Waals surface area contributed by atoms with Gasteiger partial charge < -0.3 is 25.6 Å². The molecule has 88 valence electrons. The molecular weight excluding hydrogens is 204 g/mol. The maximum atomic E-state index is 10.6. The summed E-state index contributed by atoms with van der Waals surface area (Å²) in [6.45, 7) is 0.443. The molecule has 0 aromatic heterocycles. The maximum absolute atomic E-state index is 10.6. The van der Waals surface area contributed by atoms with Crippen LogP contribution in [0.25, 0.3) is 0 Å². The lowest BCUT2D eigenvalue weighted by Gasteiger charge is -2.12. The number of carbonyl (C=O) groups is 2. The number of nitrogens with one attached hydrogen (secondary N) is 1. The van der Waals surface area contributed by atoms with Crippen molar-refractivity contribution in [1.82, 2.24) is 5.32 Å². The van der Waals surface area contributed by atoms with E-state index in [1.807, 2.05) is 0 Å². The fraction of sp³-hybridized carbons (Fsp3) is 0.750. The number of amides is 1. The molecule has 1 amide bonds. The number of carboxylic acids is 1. The summed E-state index contributed by atoms with van der Waals surface area (Å²) in [6.07, 6.45) is 0. The van der Waals surface area contributed by atoms with Crippen LogP contribution in [-0.2, 0) is 19.1 Å². The summed E-state index contributed by atoms with van der Waals surface area (Å²) < 4.78 is 9.53. The monoisotopic (exact) mass is 220 g/mol. The Morgan fingerprint density at radius 1 is 1.53 bits per heavy atom. The quantitative estimate of drug-likeness (QED) is 0.394. The Bertz CT molecular complexity index is 209. The zero-order valence-electron chi connectivity index (χ0n) is 8.56. The van der Waals surface area contributed by atoms with E-state index in [9.17, 15) is 9.59 Å². The molecule has 1 unspecified atom stereocenters. The summed E-state index contributed by atoms with van der Waals surface area (Å²) in [4.78, 5) is 20.9. The first kappa shape index (κ1) is 13.8. The Hall–Kier alpha value is -1.18. The van der Waals surface area contributed by atoms with E-state index in [1.54, 1.807) is 0 Å². The van der Waals surface area contributed by atoms with Gasteiger partial charge in [-0.25, -0.2) is 0 Å². The molecule has 0 saturated heterocycles. The molecule has 4 N–H and O–H groups in total. The van der Waals surface area contributed by atoms with E-state index in [2.05, 4.69) is 5.32 Å². The van der Waals surface area contributed by atoms with Crippen molar-refractivity contribution in [2.24, 2.45) is 5.73 Å². The number of ether oxygens (including phenoxy) is 2. The van der Waals surface area contributed by atoms with E-state index in [0.29, 0.717) is 6.54 Å². The van der Waals surface area contributed by atoms with E-state index >= 15 is 0 Å². The molecule has 0 aliphatic carbocycles. The average Bonchev–Trinajstić information content (AvgIpc) is 2.15. The van der Waals surface area contributed by atoms with Gasteiger partial charge in [0.05, 0.1) is 13.2 Å². The van der Waals surface area contributed by atoms with Crippen molar-refractivity contribution in [2.75, 3.05) is 33.5 Å². The van der Waals surface area contributed by atoms with Crippen LogP contribution in [-0.4, -0.2) is 56.5 Å². The lowest BCUT2D eigenvalue weighted by atomic mass is 10.3. The number of nitrogens with two attached hydrogens (primary N) is 1. The molecule has 0 aliphatic heterocycles. The average molecular weight is 220 g/mol. The van der Waals surface area contributed by atoms with Crippen molar-refractivity contribution in [3.63, 3.8) is 0 Å². The van der Waals surface area contributed by atoms with Crippen LogP contribution in [0.2, 0.25) is 0 Å². The third-order valence-corrected chi connectivity index (χ3v) is 1.51. The number of hydrogen-bond acceptors (Lipinski definition) is 5. The molecule has 1 atom stereocenters. The summed E-state index contributed by atoms with van der Waals surface area (Å²) >= 11 is 0. The normalized spacial score (nSPS) is 12.3. The van der Waals surface area contributed by atoms with Crippen molar-refractivity contribution in [3.05, 3.63) is 0 Å². The van der Waals surface area contributed by atoms with Crippen LogP contribution in [0.5, 0.6) is 0 Å². The van der Waals surface area contributed by atoms with Gasteiger partial charge >= 0.3 is 5.97 Å². The fourth-order valence-electron chi connectivity index (χ4n) is 0.862. The molecule has 7 heteroatoms. The van der Waals surface area contributed by atoms with Crippen LogP contribution in [0.15, 0.2) is 0 Å². The minimum Gasteiger partial charge on any atom is -0.480 e. The number of carbonyl (C=O) groups excluding carboxylic acids is 1. The fourth-order valence-corrected chi connectivity index (χ4v) is 0.862. The minimum absolute atomic E-state index is 0.0746. The van der Waals surface area contributed by atoms with Crippen LogP contribution < -0.4 is 11.1 Å². The maximum Gasteiger partial charge on any atom is 0.323 e. The van der Waals surface area contributed by atoms with Gasteiger partial charge in [0.2, 0.25) is 5.91 Å². The van der Waals surface area contributed by atoms with Crippen LogP contribution in [0.1, 0.15) is 0 Å². The molecule has 0 aromatic rings. The summed E-state index contributed by atoms with van der Waals surface area (Å²) in [5.74, 6) is -1.55. The number of methoxy groups -OCH3 is 1. The van der Waals surface area contributed by atoms with Gasteiger partial charge in [-0.15, -0.1) is 0 Å². The van der Waals surface area contributed by atoms with Crippen molar-refractivity contribution in [2.45, 2.75) is 6.04 Å². The highest BCUT2D eigenvalue weighted by Crippen LogP contribution is 1.85. The Morgan fingerprint density at radius 3 is 2.67 bits per heavy atom. The van der Waals surface area contributed by atoms with Gasteiger partial charge in [-0.05, 0) is 0 Å². The number of aliphatic carboxylic acids is 1. The second-order valence-electron chi connectivity index (χ2n) is 2.82. The number of rotatable bonds is 9. The smallest absolute Gasteiger partial charge is 0.323 e. The predicted molar refractivity (Wildman–Crippen MR) is 51.3 cm³/mol. The van der Waals surface area contributed by atoms with Gasteiger partial charge in [0.25, 0.3) is 0 Å². The van der Waals surface area contributed by atoms with Crippen LogP contribution in [0.3, 0.4) is 0 Å². The molecule has 0 spiro atoms. The molecule has 0 heterocycles. The third kappa shape index (κ3) is 7.86. The highest BCUT2D eigenvalue weighted by Gasteiger charge is 2.15. The standard InChI is InChI=1S/C8H16N2O5/c1-14-4-6(8(12)13)10-2-3-15-5-7(9)11/h6,10H,2-5H2,1H3,(H2,9,11)(H,12,13). The van der Waals surface area contributed by atoms with Crippen molar-refractivity contribution in [3.8, 4) is 0 Å². The van der Waals surface area contributed by atoms with E-state index < -0.39 is 17.9 Å². The summed E-state index contributed by atoms with van der Waals surface area (Å²) in [7, 11) is 1.42. The predicted octanol–water partition coefficient (Wildman–Crippen LogP) is -1.82. The molecule has 7 nitrogen and oxygen atoms in total. The molecule has 0 saturated carbocycles. The van der Waals surface area contributed by atoms with E-state index in [-0.39, 0.29) is 19.8 Å². The van der Waals surface area contributed by atoms with E-state index in [0.717, 1.165) is 0 Å². The number of hydrogen-bond donors (Lipinski definition) is 3. The first-order valence-corrected chi connectivity index (χ1v) is 4.39. The van der Waals surface area contributed by atoms with Gasteiger partial charge in [-0.3, -0.25) is 9.59 Å². The van der Waals surface area contributed by atoms with Crippen LogP contribution >= 0.6 is 0 Å². The SMILES string of the molecule is COCC(NCCOCC(N)=O)C(=O)O. The van der Waals surface area contributed by atoms with Gasteiger partial charge in [-0.2, -0.15) is 0 Å². The molecule has 0 rings (SSSR count). The van der Waals surface area contributed by atoms with E-state index in [1.165, 1.54) is 7.11 Å². The van der Waals surface area contributed by atoms with E-state index in [4.69, 9.17) is 20.3 Å². The lowest BCUT2D eigenvalue weighted by Crippen LogP contribution is -2.42. The topological polar surface area (TPSA) is 111 Å². The van der Waals surface area contributed by atoms with Crippen molar-refractivity contribution >= 4 is 11.9 Å². The highest BCUT2D eigenvalue weighted by atomic mass is 16.5. The Morgan fingerprint density at radius 2 is 2.20 bits per heavy atom. The van der Waals surface area contributed by atoms with Gasteiger partial charge in [0.1, 0.15) is 12.6 Å². The molecular formula is C8H16N2O5. The summed E-state index contributed by atoms with van der Waals surface area (Å²) in [6, 6.07) is -0.771. The van der Waals surface area contributed by atoms with Gasteiger partial charge in [-0.1, -0.05) is 0 Å². The highest BCUT2D eigenvalue weighted by molar-refractivity contribution is 5.75. The molecule has 0 aromatic carbocycles. The number of carboxylic acid groups (broad SMARTS) is 1. The largest absolute Gasteiger partial charge is 0.480 e. The molecule has 0 aliphatic rings. The second-order valence-corrected chi connectivity index (χ2v) is 2.82. The third-order valence-electron chi connectivity index (χ3n) is 1.51. The molecule has 15 heavy (non-hydrogen) atoms. The van der Waals surface area contributed by atoms with Crippen LogP contribution in [0.4, 0.5) is 0 Å². The Balaban J connectivity index is 3.53. The first-order valence-electron chi connectivity index (χ1n) is 4.39. The van der Waals surface area contributed by atoms with Gasteiger partial charge in [0, 0.05) is 13.7 Å². The Labute approximate surface area is 87.5 Å². The zero-order chi connectivity index (χ0) is 11.7. The summed E-state index contributed by atoms with van der Waals surface area (Å²) in [5, 5.41) is 11.4. The minimum atomic E-state index is -0.994. The Kier molecular flexibility index (Phi) is 7.51. The molecule has 0 fully saturated rings. The summed E-state index contributed by atoms with van der Waals surface area (Å²) in [5.41, 5.74) is 4.83.